The molecule has 0 aromatic heterocycles. The summed E-state index contributed by atoms with van der Waals surface area (Å²) in [5.41, 5.74) is 5.42. The van der Waals surface area contributed by atoms with Crippen LogP contribution in [0.1, 0.15) is 19.3 Å². The van der Waals surface area contributed by atoms with Gasteiger partial charge in [0.05, 0.1) is 5.41 Å². The lowest BCUT2D eigenvalue weighted by atomic mass is 9.39. The van der Waals surface area contributed by atoms with Crippen LogP contribution in [0.15, 0.2) is 0 Å². The van der Waals surface area contributed by atoms with Gasteiger partial charge in [-0.3, -0.25) is 4.79 Å². The van der Waals surface area contributed by atoms with Crippen LogP contribution in [0, 0.1) is 5.41 Å². The van der Waals surface area contributed by atoms with Crippen molar-refractivity contribution in [2.24, 2.45) is 11.1 Å². The fourth-order valence-corrected chi connectivity index (χ4v) is 2.31. The highest BCUT2D eigenvalue weighted by Crippen LogP contribution is 2.66. The average molecular weight is 140 g/mol. The van der Waals surface area contributed by atoms with E-state index in [1.54, 1.807) is 0 Å². The minimum Gasteiger partial charge on any atom is -0.369 e. The summed E-state index contributed by atoms with van der Waals surface area (Å²) in [5, 5.41) is 3.22. The number of carbonyl (C=O) groups excluding carboxylic acids is 1. The molecule has 3 rings (SSSR count). The molecule has 0 aromatic carbocycles. The van der Waals surface area contributed by atoms with Gasteiger partial charge >= 0.3 is 0 Å². The molecule has 3 aliphatic carbocycles. The summed E-state index contributed by atoms with van der Waals surface area (Å²) < 4.78 is 0. The Labute approximate surface area is 60.0 Å². The Morgan fingerprint density at radius 3 is 2.30 bits per heavy atom. The number of hydrogen-bond acceptors (Lipinski definition) is 2. The number of nitrogens with one attached hydrogen (secondary N) is 1. The highest BCUT2D eigenvalue weighted by Gasteiger charge is 2.70. The lowest BCUT2D eigenvalue weighted by Gasteiger charge is -2.68. The molecule has 3 saturated carbocycles. The van der Waals surface area contributed by atoms with Crippen molar-refractivity contribution in [3.8, 4) is 0 Å². The maximum absolute atomic E-state index is 10.8. The predicted molar refractivity (Wildman–Crippen MR) is 37.3 cm³/mol. The predicted octanol–water partition coefficient (Wildman–Crippen LogP) is -0.386. The summed E-state index contributed by atoms with van der Waals surface area (Å²) in [4.78, 5) is 10.8. The van der Waals surface area contributed by atoms with Crippen molar-refractivity contribution in [2.45, 2.75) is 24.8 Å². The van der Waals surface area contributed by atoms with E-state index in [0.29, 0.717) is 5.54 Å². The van der Waals surface area contributed by atoms with Gasteiger partial charge in [0.1, 0.15) is 0 Å². The van der Waals surface area contributed by atoms with E-state index in [4.69, 9.17) is 5.73 Å². The van der Waals surface area contributed by atoms with Gasteiger partial charge in [0.15, 0.2) is 0 Å². The third-order valence-corrected chi connectivity index (χ3v) is 3.08. The zero-order valence-electron chi connectivity index (χ0n) is 6.11. The Hall–Kier alpha value is -0.570. The van der Waals surface area contributed by atoms with Crippen molar-refractivity contribution >= 4 is 5.91 Å². The van der Waals surface area contributed by atoms with Crippen LogP contribution in [0.2, 0.25) is 0 Å². The maximum atomic E-state index is 10.8. The van der Waals surface area contributed by atoms with Crippen LogP contribution in [0.5, 0.6) is 0 Å². The van der Waals surface area contributed by atoms with Crippen LogP contribution in [0.25, 0.3) is 0 Å². The molecular weight excluding hydrogens is 128 g/mol. The van der Waals surface area contributed by atoms with Crippen LogP contribution in [0.4, 0.5) is 0 Å². The van der Waals surface area contributed by atoms with Gasteiger partial charge in [0, 0.05) is 5.54 Å². The number of hydrogen-bond donors (Lipinski definition) is 2. The molecular formula is C7H12N2O. The standard InChI is InChI=1S/C7H12N2O/c1-9-7-2-6(3-7,4-7)5(8)10/h9H,2-4H2,1H3,(H2,8,10). The largest absolute Gasteiger partial charge is 0.369 e. The van der Waals surface area contributed by atoms with E-state index < -0.39 is 0 Å². The van der Waals surface area contributed by atoms with E-state index in [1.165, 1.54) is 0 Å². The Balaban J connectivity index is 2.04. The molecule has 3 N–H and O–H groups in total. The van der Waals surface area contributed by atoms with Gasteiger partial charge < -0.3 is 11.1 Å². The molecule has 0 heterocycles. The van der Waals surface area contributed by atoms with E-state index in [1.807, 2.05) is 7.05 Å². The third kappa shape index (κ3) is 0.440. The summed E-state index contributed by atoms with van der Waals surface area (Å²) in [7, 11) is 1.95. The quantitative estimate of drug-likeness (QED) is 0.549. The van der Waals surface area contributed by atoms with Crippen molar-refractivity contribution in [2.75, 3.05) is 7.05 Å². The number of amides is 1. The molecule has 0 spiro atoms. The lowest BCUT2D eigenvalue weighted by molar-refractivity contribution is -0.175. The summed E-state index contributed by atoms with van der Waals surface area (Å²) in [6.07, 6.45) is 2.89. The van der Waals surface area contributed by atoms with E-state index in [-0.39, 0.29) is 11.3 Å². The van der Waals surface area contributed by atoms with Crippen LogP contribution in [0.3, 0.4) is 0 Å². The molecule has 56 valence electrons. The fourth-order valence-electron chi connectivity index (χ4n) is 2.31. The molecule has 3 heteroatoms. The van der Waals surface area contributed by atoms with Crippen LogP contribution in [-0.2, 0) is 4.79 Å². The zero-order chi connectivity index (χ0) is 7.41. The lowest BCUT2D eigenvalue weighted by Crippen LogP contribution is -2.76. The highest BCUT2D eigenvalue weighted by atomic mass is 16.1. The van der Waals surface area contributed by atoms with Crippen molar-refractivity contribution < 1.29 is 4.79 Å². The van der Waals surface area contributed by atoms with Gasteiger partial charge in [-0.05, 0) is 26.3 Å². The molecule has 10 heavy (non-hydrogen) atoms. The van der Waals surface area contributed by atoms with Crippen molar-refractivity contribution in [3.05, 3.63) is 0 Å². The van der Waals surface area contributed by atoms with Crippen LogP contribution < -0.4 is 11.1 Å². The van der Waals surface area contributed by atoms with Crippen LogP contribution >= 0.6 is 0 Å². The monoisotopic (exact) mass is 140 g/mol. The minimum absolute atomic E-state index is 0.0942. The SMILES string of the molecule is CNC12CC(C(N)=O)(C1)C2. The van der Waals surface area contributed by atoms with Gasteiger partial charge in [0.25, 0.3) is 0 Å². The summed E-state index contributed by atoms with van der Waals surface area (Å²) in [6.45, 7) is 0. The number of primary amides is 1. The second-order valence-electron chi connectivity index (χ2n) is 3.71. The van der Waals surface area contributed by atoms with Crippen molar-refractivity contribution in [1.29, 1.82) is 0 Å². The number of nitrogens with two attached hydrogens (primary N) is 1. The van der Waals surface area contributed by atoms with Gasteiger partial charge in [0.2, 0.25) is 5.91 Å². The Bertz CT molecular complexity index is 180. The molecule has 0 saturated heterocycles. The van der Waals surface area contributed by atoms with Gasteiger partial charge in [-0.15, -0.1) is 0 Å². The maximum Gasteiger partial charge on any atom is 0.223 e. The molecule has 3 nitrogen and oxygen atoms in total. The van der Waals surface area contributed by atoms with Crippen molar-refractivity contribution in [1.82, 2.24) is 5.32 Å². The second kappa shape index (κ2) is 1.37. The summed E-state index contributed by atoms with van der Waals surface area (Å²) in [5.74, 6) is -0.107. The molecule has 0 atom stereocenters. The first kappa shape index (κ1) is 6.16. The molecule has 2 bridgehead atoms. The van der Waals surface area contributed by atoms with E-state index in [2.05, 4.69) is 5.32 Å². The molecule has 0 radical (unpaired) electrons. The normalized spacial score (nSPS) is 49.3. The smallest absolute Gasteiger partial charge is 0.223 e. The highest BCUT2D eigenvalue weighted by molar-refractivity contribution is 5.85. The van der Waals surface area contributed by atoms with Gasteiger partial charge in [-0.2, -0.15) is 0 Å². The van der Waals surface area contributed by atoms with E-state index in [9.17, 15) is 4.79 Å². The minimum atomic E-state index is -0.107. The average Bonchev–Trinajstić information content (AvgIpc) is 1.57. The topological polar surface area (TPSA) is 55.1 Å². The summed E-state index contributed by atoms with van der Waals surface area (Å²) >= 11 is 0. The first-order valence-corrected chi connectivity index (χ1v) is 3.61. The summed E-state index contributed by atoms with van der Waals surface area (Å²) in [6, 6.07) is 0. The third-order valence-electron chi connectivity index (χ3n) is 3.08. The molecule has 3 fully saturated rings. The first-order chi connectivity index (χ1) is 4.63. The Kier molecular flexibility index (Phi) is 0.844. The Morgan fingerprint density at radius 2 is 2.00 bits per heavy atom. The zero-order valence-corrected chi connectivity index (χ0v) is 6.11. The van der Waals surface area contributed by atoms with E-state index in [0.717, 1.165) is 19.3 Å². The van der Waals surface area contributed by atoms with Crippen molar-refractivity contribution in [3.63, 3.8) is 0 Å². The number of rotatable bonds is 2. The second-order valence-corrected chi connectivity index (χ2v) is 3.71. The first-order valence-electron chi connectivity index (χ1n) is 3.61. The molecule has 1 amide bonds. The van der Waals surface area contributed by atoms with Gasteiger partial charge in [-0.25, -0.2) is 0 Å². The fraction of sp³-hybridized carbons (Fsp3) is 0.857. The molecule has 0 aromatic rings. The van der Waals surface area contributed by atoms with Gasteiger partial charge in [-0.1, -0.05) is 0 Å². The Morgan fingerprint density at radius 1 is 1.50 bits per heavy atom. The number of carbonyl (C=O) groups is 1. The molecule has 3 aliphatic rings. The van der Waals surface area contributed by atoms with E-state index >= 15 is 0 Å². The molecule has 0 aliphatic heterocycles. The molecule has 0 unspecified atom stereocenters. The van der Waals surface area contributed by atoms with Crippen LogP contribution in [-0.4, -0.2) is 18.5 Å².